The summed E-state index contributed by atoms with van der Waals surface area (Å²) in [6, 6.07) is 7.87. The van der Waals surface area contributed by atoms with Crippen molar-refractivity contribution in [1.82, 2.24) is 4.57 Å². The van der Waals surface area contributed by atoms with Crippen molar-refractivity contribution in [3.63, 3.8) is 0 Å². The molecule has 1 atom stereocenters. The van der Waals surface area contributed by atoms with Crippen molar-refractivity contribution in [2.24, 2.45) is 4.99 Å². The lowest BCUT2D eigenvalue weighted by Gasteiger charge is -2.18. The Kier molecular flexibility index (Phi) is 5.09. The standard InChI is InChI=1S/C18H16ClN3O4S/c1-11-15(8-20)17(23)22(14-5-6-27(25,26)10-14)18(24)16(11)9-21-13-4-2-3-12(19)7-13/h2-4,7,9,14,24H,5-6,10H2,1H3/t14-/m0/s1. The van der Waals surface area contributed by atoms with Crippen LogP contribution in [-0.4, -0.2) is 35.8 Å². The minimum absolute atomic E-state index is 0.0642. The first-order valence-corrected chi connectivity index (χ1v) is 10.3. The summed E-state index contributed by atoms with van der Waals surface area (Å²) < 4.78 is 24.6. The number of nitrogens with zero attached hydrogens (tertiary/aromatic N) is 3. The zero-order valence-corrected chi connectivity index (χ0v) is 16.0. The lowest BCUT2D eigenvalue weighted by molar-refractivity contribution is 0.379. The average Bonchev–Trinajstić information content (AvgIpc) is 2.94. The molecule has 140 valence electrons. The molecule has 1 aromatic carbocycles. The summed E-state index contributed by atoms with van der Waals surface area (Å²) in [4.78, 5) is 16.9. The van der Waals surface area contributed by atoms with E-state index < -0.39 is 27.3 Å². The molecule has 0 amide bonds. The van der Waals surface area contributed by atoms with Crippen LogP contribution in [0, 0.1) is 18.3 Å². The summed E-state index contributed by atoms with van der Waals surface area (Å²) >= 11 is 5.93. The summed E-state index contributed by atoms with van der Waals surface area (Å²) in [5, 5.41) is 20.5. The molecular weight excluding hydrogens is 390 g/mol. The fourth-order valence-corrected chi connectivity index (χ4v) is 4.99. The van der Waals surface area contributed by atoms with Gasteiger partial charge in [-0.15, -0.1) is 0 Å². The number of aliphatic imine (C=N–C) groups is 1. The molecule has 0 aliphatic carbocycles. The Morgan fingerprint density at radius 3 is 2.78 bits per heavy atom. The number of nitriles is 1. The van der Waals surface area contributed by atoms with E-state index in [1.165, 1.54) is 13.1 Å². The molecule has 1 aliphatic rings. The zero-order chi connectivity index (χ0) is 19.8. The topological polar surface area (TPSA) is 113 Å². The minimum Gasteiger partial charge on any atom is -0.494 e. The van der Waals surface area contributed by atoms with Gasteiger partial charge in [-0.05, 0) is 37.1 Å². The van der Waals surface area contributed by atoms with Crippen LogP contribution in [0.15, 0.2) is 34.1 Å². The molecule has 7 nitrogen and oxygen atoms in total. The number of hydrogen-bond acceptors (Lipinski definition) is 6. The molecule has 27 heavy (non-hydrogen) atoms. The number of aromatic nitrogens is 1. The van der Waals surface area contributed by atoms with E-state index in [2.05, 4.69) is 4.99 Å². The molecule has 2 heterocycles. The van der Waals surface area contributed by atoms with E-state index in [1.807, 2.05) is 6.07 Å². The van der Waals surface area contributed by atoms with Crippen molar-refractivity contribution in [2.45, 2.75) is 19.4 Å². The van der Waals surface area contributed by atoms with Crippen LogP contribution in [-0.2, 0) is 9.84 Å². The van der Waals surface area contributed by atoms with Crippen molar-refractivity contribution < 1.29 is 13.5 Å². The summed E-state index contributed by atoms with van der Waals surface area (Å²) in [5.41, 5.74) is 0.151. The maximum Gasteiger partial charge on any atom is 0.271 e. The second-order valence-corrected chi connectivity index (χ2v) is 8.98. The highest BCUT2D eigenvalue weighted by atomic mass is 35.5. The van der Waals surface area contributed by atoms with Gasteiger partial charge >= 0.3 is 0 Å². The zero-order valence-electron chi connectivity index (χ0n) is 14.4. The Balaban J connectivity index is 2.16. The third-order valence-electron chi connectivity index (χ3n) is 4.52. The number of halogens is 1. The van der Waals surface area contributed by atoms with Crippen LogP contribution >= 0.6 is 11.6 Å². The number of rotatable bonds is 3. The highest BCUT2D eigenvalue weighted by Crippen LogP contribution is 2.30. The minimum atomic E-state index is -3.28. The normalized spacial score (nSPS) is 18.6. The van der Waals surface area contributed by atoms with Crippen LogP contribution in [0.5, 0.6) is 5.88 Å². The van der Waals surface area contributed by atoms with Gasteiger partial charge in [0.25, 0.3) is 5.56 Å². The number of sulfone groups is 1. The van der Waals surface area contributed by atoms with Crippen molar-refractivity contribution in [3.05, 3.63) is 56.3 Å². The van der Waals surface area contributed by atoms with Crippen molar-refractivity contribution >= 4 is 33.3 Å². The highest BCUT2D eigenvalue weighted by Gasteiger charge is 2.33. The van der Waals surface area contributed by atoms with E-state index >= 15 is 0 Å². The predicted molar refractivity (Wildman–Crippen MR) is 103 cm³/mol. The summed E-state index contributed by atoms with van der Waals surface area (Å²) in [7, 11) is -3.28. The molecule has 0 spiro atoms. The first-order chi connectivity index (χ1) is 12.7. The second kappa shape index (κ2) is 7.18. The van der Waals surface area contributed by atoms with Crippen molar-refractivity contribution in [3.8, 4) is 11.9 Å². The Labute approximate surface area is 161 Å². The maximum absolute atomic E-state index is 12.6. The monoisotopic (exact) mass is 405 g/mol. The third-order valence-corrected chi connectivity index (χ3v) is 6.50. The Morgan fingerprint density at radius 1 is 1.44 bits per heavy atom. The van der Waals surface area contributed by atoms with Crippen LogP contribution in [0.4, 0.5) is 5.69 Å². The SMILES string of the molecule is Cc1c(C=Nc2cccc(Cl)c2)c(O)n([C@H]2CCS(=O)(=O)C2)c(=O)c1C#N. The van der Waals surface area contributed by atoms with E-state index in [-0.39, 0.29) is 34.6 Å². The van der Waals surface area contributed by atoms with Crippen LogP contribution in [0.1, 0.15) is 29.2 Å². The predicted octanol–water partition coefficient (Wildman–Crippen LogP) is 2.50. The molecule has 1 aromatic heterocycles. The summed E-state index contributed by atoms with van der Waals surface area (Å²) in [5.74, 6) is -0.714. The quantitative estimate of drug-likeness (QED) is 0.788. The first-order valence-electron chi connectivity index (χ1n) is 8.11. The van der Waals surface area contributed by atoms with E-state index in [4.69, 9.17) is 11.6 Å². The van der Waals surface area contributed by atoms with Gasteiger partial charge < -0.3 is 5.11 Å². The molecule has 0 saturated carbocycles. The maximum atomic E-state index is 12.6. The molecule has 1 fully saturated rings. The Morgan fingerprint density at radius 2 is 2.19 bits per heavy atom. The molecule has 1 N–H and O–H groups in total. The van der Waals surface area contributed by atoms with Crippen molar-refractivity contribution in [2.75, 3.05) is 11.5 Å². The molecular formula is C18H16ClN3O4S. The van der Waals surface area contributed by atoms with Gasteiger partial charge in [0.05, 0.1) is 28.8 Å². The van der Waals surface area contributed by atoms with Crippen LogP contribution < -0.4 is 5.56 Å². The fraction of sp³-hybridized carbons (Fsp3) is 0.278. The van der Waals surface area contributed by atoms with Gasteiger partial charge in [0.2, 0.25) is 5.88 Å². The van der Waals surface area contributed by atoms with Gasteiger partial charge in [0, 0.05) is 11.2 Å². The van der Waals surface area contributed by atoms with E-state index in [0.717, 1.165) is 4.57 Å². The number of benzene rings is 1. The van der Waals surface area contributed by atoms with Gasteiger partial charge in [-0.2, -0.15) is 5.26 Å². The van der Waals surface area contributed by atoms with Crippen molar-refractivity contribution in [1.29, 1.82) is 5.26 Å². The number of pyridine rings is 1. The molecule has 1 saturated heterocycles. The third kappa shape index (κ3) is 3.75. The van der Waals surface area contributed by atoms with Gasteiger partial charge in [0.1, 0.15) is 11.6 Å². The molecule has 1 aliphatic heterocycles. The van der Waals surface area contributed by atoms with Crippen LogP contribution in [0.25, 0.3) is 0 Å². The highest BCUT2D eigenvalue weighted by molar-refractivity contribution is 7.91. The lowest BCUT2D eigenvalue weighted by atomic mass is 10.0. The van der Waals surface area contributed by atoms with Crippen LogP contribution in [0.3, 0.4) is 0 Å². The molecule has 0 radical (unpaired) electrons. The Hall–Kier alpha value is -2.63. The number of hydrogen-bond donors (Lipinski definition) is 1. The number of aromatic hydroxyl groups is 1. The molecule has 0 bridgehead atoms. The second-order valence-electron chi connectivity index (χ2n) is 6.32. The van der Waals surface area contributed by atoms with E-state index in [0.29, 0.717) is 10.7 Å². The summed E-state index contributed by atoms with van der Waals surface area (Å²) in [6.45, 7) is 1.54. The molecule has 0 unspecified atom stereocenters. The average molecular weight is 406 g/mol. The molecule has 2 aromatic rings. The van der Waals surface area contributed by atoms with Gasteiger partial charge in [0.15, 0.2) is 9.84 Å². The van der Waals surface area contributed by atoms with Gasteiger partial charge in [-0.1, -0.05) is 17.7 Å². The van der Waals surface area contributed by atoms with E-state index in [9.17, 15) is 23.6 Å². The van der Waals surface area contributed by atoms with Gasteiger partial charge in [-0.3, -0.25) is 14.4 Å². The van der Waals surface area contributed by atoms with E-state index in [1.54, 1.807) is 24.3 Å². The van der Waals surface area contributed by atoms with Gasteiger partial charge in [-0.25, -0.2) is 8.42 Å². The largest absolute Gasteiger partial charge is 0.494 e. The first kappa shape index (κ1) is 19.1. The summed E-state index contributed by atoms with van der Waals surface area (Å²) in [6.07, 6.45) is 1.55. The smallest absolute Gasteiger partial charge is 0.271 e. The van der Waals surface area contributed by atoms with Crippen LogP contribution in [0.2, 0.25) is 5.02 Å². The Bertz CT molecular complexity index is 1150. The molecule has 3 rings (SSSR count). The molecule has 9 heteroatoms. The lowest BCUT2D eigenvalue weighted by Crippen LogP contribution is -2.29. The fourth-order valence-electron chi connectivity index (χ4n) is 3.11.